The first-order valence-electron chi connectivity index (χ1n) is 8.59. The van der Waals surface area contributed by atoms with Crippen LogP contribution in [-0.4, -0.2) is 42.9 Å². The number of rotatable bonds is 3. The van der Waals surface area contributed by atoms with Crippen molar-refractivity contribution in [1.82, 2.24) is 0 Å². The highest BCUT2D eigenvalue weighted by molar-refractivity contribution is 4.91. The van der Waals surface area contributed by atoms with Crippen molar-refractivity contribution < 1.29 is 19.3 Å². The van der Waals surface area contributed by atoms with Gasteiger partial charge in [-0.15, -0.1) is 0 Å². The lowest BCUT2D eigenvalue weighted by atomic mass is 9.88. The van der Waals surface area contributed by atoms with Gasteiger partial charge in [0.15, 0.2) is 6.29 Å². The lowest BCUT2D eigenvalue weighted by molar-refractivity contribution is -0.236. The predicted octanol–water partition coefficient (Wildman–Crippen LogP) is 3.63. The number of hydrogen-bond acceptors (Lipinski definition) is 5. The van der Waals surface area contributed by atoms with E-state index in [1.807, 2.05) is 20.1 Å². The van der Waals surface area contributed by atoms with Gasteiger partial charge < -0.3 is 19.3 Å². The SMILES string of the molecule is CC1C=COC(C)[C@H]1C.CCC1O[C@H](OC)C(N=[N+]=[N-])[C@@H](C)[C@@H]1O. The summed E-state index contributed by atoms with van der Waals surface area (Å²) in [5.74, 6) is 1.17. The molecule has 2 aliphatic rings. The Hall–Kier alpha value is -1.27. The van der Waals surface area contributed by atoms with Crippen molar-refractivity contribution in [3.63, 3.8) is 0 Å². The molecule has 138 valence electrons. The van der Waals surface area contributed by atoms with Crippen LogP contribution in [0.1, 0.15) is 41.0 Å². The molecule has 2 rings (SSSR count). The lowest BCUT2D eigenvalue weighted by Crippen LogP contribution is -2.52. The van der Waals surface area contributed by atoms with Crippen LogP contribution < -0.4 is 0 Å². The fourth-order valence-corrected chi connectivity index (χ4v) is 2.89. The summed E-state index contributed by atoms with van der Waals surface area (Å²) in [6, 6.07) is -0.474. The van der Waals surface area contributed by atoms with Crippen LogP contribution in [0.3, 0.4) is 0 Å². The van der Waals surface area contributed by atoms with Crippen molar-refractivity contribution >= 4 is 0 Å². The zero-order valence-corrected chi connectivity index (χ0v) is 15.5. The van der Waals surface area contributed by atoms with Gasteiger partial charge in [0.2, 0.25) is 0 Å². The highest BCUT2D eigenvalue weighted by atomic mass is 16.7. The third-order valence-electron chi connectivity index (χ3n) is 5.11. The summed E-state index contributed by atoms with van der Waals surface area (Å²) in [6.07, 6.45) is 3.59. The van der Waals surface area contributed by atoms with E-state index in [0.29, 0.717) is 24.4 Å². The molecule has 8 atom stereocenters. The Labute approximate surface area is 144 Å². The number of ether oxygens (including phenoxy) is 3. The molecule has 0 aromatic rings. The molecule has 2 heterocycles. The highest BCUT2D eigenvalue weighted by Crippen LogP contribution is 2.30. The zero-order valence-electron chi connectivity index (χ0n) is 15.5. The first-order valence-corrected chi connectivity index (χ1v) is 8.59. The molecule has 0 aromatic heterocycles. The molecule has 0 aliphatic carbocycles. The first-order chi connectivity index (χ1) is 11.4. The molecule has 1 fully saturated rings. The van der Waals surface area contributed by atoms with Crippen molar-refractivity contribution in [2.24, 2.45) is 22.9 Å². The molecule has 0 aromatic carbocycles. The average molecular weight is 341 g/mol. The lowest BCUT2D eigenvalue weighted by Gasteiger charge is -2.41. The second-order valence-electron chi connectivity index (χ2n) is 6.62. The molecule has 1 N–H and O–H groups in total. The molecule has 2 aliphatic heterocycles. The first kappa shape index (κ1) is 20.8. The summed E-state index contributed by atoms with van der Waals surface area (Å²) < 4.78 is 15.9. The van der Waals surface area contributed by atoms with E-state index in [1.54, 1.807) is 0 Å². The average Bonchev–Trinajstić information content (AvgIpc) is 2.58. The van der Waals surface area contributed by atoms with Gasteiger partial charge in [-0.25, -0.2) is 0 Å². The Kier molecular flexibility index (Phi) is 8.56. The maximum Gasteiger partial charge on any atom is 0.166 e. The number of hydrogen-bond donors (Lipinski definition) is 1. The van der Waals surface area contributed by atoms with Crippen LogP contribution in [-0.2, 0) is 14.2 Å². The van der Waals surface area contributed by atoms with Gasteiger partial charge in [0.1, 0.15) is 0 Å². The van der Waals surface area contributed by atoms with Crippen LogP contribution in [0.2, 0.25) is 0 Å². The molecule has 7 heteroatoms. The number of nitrogens with zero attached hydrogens (tertiary/aromatic N) is 3. The summed E-state index contributed by atoms with van der Waals surface area (Å²) in [5.41, 5.74) is 8.42. The van der Waals surface area contributed by atoms with Crippen molar-refractivity contribution in [3.8, 4) is 0 Å². The minimum Gasteiger partial charge on any atom is -0.498 e. The second kappa shape index (κ2) is 9.89. The Balaban J connectivity index is 0.000000272. The number of methoxy groups -OCH3 is 1. The molecule has 0 spiro atoms. The van der Waals surface area contributed by atoms with Gasteiger partial charge in [-0.1, -0.05) is 32.8 Å². The van der Waals surface area contributed by atoms with Gasteiger partial charge in [0, 0.05) is 12.0 Å². The maximum absolute atomic E-state index is 9.88. The topological polar surface area (TPSA) is 96.7 Å². The van der Waals surface area contributed by atoms with Crippen LogP contribution in [0.15, 0.2) is 17.5 Å². The molecule has 24 heavy (non-hydrogen) atoms. The van der Waals surface area contributed by atoms with E-state index >= 15 is 0 Å². The van der Waals surface area contributed by atoms with Crippen molar-refractivity contribution in [1.29, 1.82) is 0 Å². The van der Waals surface area contributed by atoms with Gasteiger partial charge in [0.25, 0.3) is 0 Å². The van der Waals surface area contributed by atoms with E-state index in [-0.39, 0.29) is 12.0 Å². The van der Waals surface area contributed by atoms with E-state index < -0.39 is 18.4 Å². The van der Waals surface area contributed by atoms with Crippen LogP contribution in [0, 0.1) is 17.8 Å². The fraction of sp³-hybridized carbons (Fsp3) is 0.882. The monoisotopic (exact) mass is 341 g/mol. The third kappa shape index (κ3) is 5.11. The highest BCUT2D eigenvalue weighted by Gasteiger charge is 2.41. The summed E-state index contributed by atoms with van der Waals surface area (Å²) >= 11 is 0. The normalized spacial score (nSPS) is 41.5. The molecular weight excluding hydrogens is 310 g/mol. The molecule has 0 radical (unpaired) electrons. The van der Waals surface area contributed by atoms with Gasteiger partial charge in [-0.2, -0.15) is 0 Å². The van der Waals surface area contributed by atoms with E-state index in [1.165, 1.54) is 7.11 Å². The molecule has 7 nitrogen and oxygen atoms in total. The van der Waals surface area contributed by atoms with E-state index in [9.17, 15) is 5.11 Å². The largest absolute Gasteiger partial charge is 0.498 e. The van der Waals surface area contributed by atoms with Crippen LogP contribution in [0.25, 0.3) is 10.4 Å². The van der Waals surface area contributed by atoms with Crippen molar-refractivity contribution in [2.75, 3.05) is 7.11 Å². The van der Waals surface area contributed by atoms with Gasteiger partial charge >= 0.3 is 0 Å². The summed E-state index contributed by atoms with van der Waals surface area (Å²) in [5, 5.41) is 13.5. The van der Waals surface area contributed by atoms with Crippen molar-refractivity contribution in [2.45, 2.75) is 71.7 Å². The predicted molar refractivity (Wildman–Crippen MR) is 92.1 cm³/mol. The van der Waals surface area contributed by atoms with Crippen LogP contribution >= 0.6 is 0 Å². The van der Waals surface area contributed by atoms with Gasteiger partial charge in [0.05, 0.1) is 30.6 Å². The van der Waals surface area contributed by atoms with Crippen molar-refractivity contribution in [3.05, 3.63) is 22.8 Å². The minimum atomic E-state index is -0.614. The molecule has 0 bridgehead atoms. The number of aliphatic hydroxyl groups is 1. The Bertz CT molecular complexity index is 451. The maximum atomic E-state index is 9.88. The zero-order chi connectivity index (χ0) is 18.3. The quantitative estimate of drug-likeness (QED) is 0.481. The minimum absolute atomic E-state index is 0.162. The Morgan fingerprint density at radius 1 is 1.25 bits per heavy atom. The Morgan fingerprint density at radius 3 is 2.38 bits per heavy atom. The number of aliphatic hydroxyl groups excluding tert-OH is 1. The fourth-order valence-electron chi connectivity index (χ4n) is 2.89. The standard InChI is InChI=1S/C9H17N3O3.C8H14O/c1-4-6-8(13)5(2)7(11-12-10)9(14-3)15-6;1-6-4-5-9-8(3)7(6)2/h5-9,13H,4H2,1-3H3;4-8H,1-3H3/t5-,6?,7?,8+,9+;6?,7-,8?/m10/s1. The summed E-state index contributed by atoms with van der Waals surface area (Å²) in [6.45, 7) is 10.3. The summed E-state index contributed by atoms with van der Waals surface area (Å²) in [7, 11) is 1.50. The van der Waals surface area contributed by atoms with E-state index in [2.05, 4.69) is 36.9 Å². The van der Waals surface area contributed by atoms with Gasteiger partial charge in [-0.3, -0.25) is 0 Å². The Morgan fingerprint density at radius 2 is 1.92 bits per heavy atom. The summed E-state index contributed by atoms with van der Waals surface area (Å²) in [4.78, 5) is 2.75. The molecule has 4 unspecified atom stereocenters. The van der Waals surface area contributed by atoms with Crippen LogP contribution in [0.5, 0.6) is 0 Å². The second-order valence-corrected chi connectivity index (χ2v) is 6.62. The van der Waals surface area contributed by atoms with E-state index in [0.717, 1.165) is 0 Å². The third-order valence-corrected chi connectivity index (χ3v) is 5.11. The molecule has 1 saturated heterocycles. The smallest absolute Gasteiger partial charge is 0.166 e. The van der Waals surface area contributed by atoms with E-state index in [4.69, 9.17) is 19.7 Å². The van der Waals surface area contributed by atoms with Gasteiger partial charge in [-0.05, 0) is 42.7 Å². The number of allylic oxidation sites excluding steroid dienone is 1. The molecule has 0 saturated carbocycles. The molecular formula is C17H31N3O4. The van der Waals surface area contributed by atoms with Crippen LogP contribution in [0.4, 0.5) is 0 Å². The molecule has 0 amide bonds. The number of azide groups is 1.